The van der Waals surface area contributed by atoms with Crippen LogP contribution in [0.3, 0.4) is 0 Å². The van der Waals surface area contributed by atoms with Gasteiger partial charge >= 0.3 is 0 Å². The highest BCUT2D eigenvalue weighted by Crippen LogP contribution is 2.29. The van der Waals surface area contributed by atoms with Crippen LogP contribution in [0.5, 0.6) is 0 Å². The van der Waals surface area contributed by atoms with Gasteiger partial charge in [0.2, 0.25) is 5.17 Å². The fraction of sp³-hybridized carbons (Fsp3) is 0.333. The summed E-state index contributed by atoms with van der Waals surface area (Å²) in [6, 6.07) is 7.98. The molecule has 2 aliphatic rings. The number of aliphatic imine (C=N–C) groups is 1. The number of benzene rings is 1. The third-order valence-electron chi connectivity index (χ3n) is 4.13. The van der Waals surface area contributed by atoms with E-state index in [0.29, 0.717) is 5.17 Å². The molecule has 0 fully saturated rings. The van der Waals surface area contributed by atoms with Crippen molar-refractivity contribution in [3.63, 3.8) is 0 Å². The number of anilines is 1. The molecule has 0 spiro atoms. The van der Waals surface area contributed by atoms with Crippen LogP contribution in [0.4, 0.5) is 5.69 Å². The fourth-order valence-electron chi connectivity index (χ4n) is 2.71. The summed E-state index contributed by atoms with van der Waals surface area (Å²) in [6.07, 6.45) is 2.47. The highest BCUT2D eigenvalue weighted by atomic mass is 32.2. The molecule has 0 saturated carbocycles. The van der Waals surface area contributed by atoms with Crippen molar-refractivity contribution in [1.29, 1.82) is 5.41 Å². The number of hydrogen-bond donors (Lipinski definition) is 1. The predicted octanol–water partition coefficient (Wildman–Crippen LogP) is 3.56. The average molecular weight is 355 g/mol. The number of fused-ring (bicyclic) bond motifs is 1. The minimum Gasteiger partial charge on any atom is -0.372 e. The van der Waals surface area contributed by atoms with Gasteiger partial charge < -0.3 is 4.90 Å². The highest BCUT2D eigenvalue weighted by molar-refractivity contribution is 8.26. The van der Waals surface area contributed by atoms with E-state index in [1.54, 1.807) is 6.08 Å². The summed E-state index contributed by atoms with van der Waals surface area (Å²) < 4.78 is 0. The molecule has 0 unspecified atom stereocenters. The number of amidine groups is 2. The molecule has 1 aromatic carbocycles. The maximum atomic E-state index is 12.3. The Morgan fingerprint density at radius 1 is 1.20 bits per heavy atom. The Kier molecular flexibility index (Phi) is 5.03. The topological polar surface area (TPSA) is 72.1 Å². The molecular weight excluding hydrogens is 334 g/mol. The van der Waals surface area contributed by atoms with Gasteiger partial charge in [0.1, 0.15) is 5.04 Å². The summed E-state index contributed by atoms with van der Waals surface area (Å²) in [4.78, 5) is 18.6. The Morgan fingerprint density at radius 3 is 2.48 bits per heavy atom. The van der Waals surface area contributed by atoms with Gasteiger partial charge in [-0.25, -0.2) is 0 Å². The van der Waals surface area contributed by atoms with Crippen LogP contribution in [0, 0.1) is 5.41 Å². The van der Waals surface area contributed by atoms with E-state index in [4.69, 9.17) is 5.41 Å². The number of carbonyl (C=O) groups excluding carboxylic acids is 1. The maximum absolute atomic E-state index is 12.3. The number of nitrogens with one attached hydrogen (secondary N) is 1. The van der Waals surface area contributed by atoms with Gasteiger partial charge in [-0.3, -0.25) is 10.2 Å². The lowest BCUT2D eigenvalue weighted by Gasteiger charge is -2.21. The van der Waals surface area contributed by atoms with Crippen LogP contribution in [-0.2, 0) is 4.79 Å². The molecule has 6 nitrogen and oxygen atoms in total. The van der Waals surface area contributed by atoms with Crippen LogP contribution in [0.1, 0.15) is 32.8 Å². The van der Waals surface area contributed by atoms with Gasteiger partial charge in [0.15, 0.2) is 5.84 Å². The molecule has 1 N–H and O–H groups in total. The molecule has 0 aromatic heterocycles. The van der Waals surface area contributed by atoms with Crippen LogP contribution in [0.15, 0.2) is 39.9 Å². The smallest absolute Gasteiger partial charge is 0.283 e. The van der Waals surface area contributed by atoms with Gasteiger partial charge in [-0.15, -0.1) is 0 Å². The standard InChI is InChI=1S/C18H21N5OS/c1-4-15-21-23-16(19)14(17(24)20-18(23)25-15)11-12-7-9-13(10-8-12)22(5-2)6-3/h7-11,19H,4-6H2,1-3H3/b14-11-,19-16?. The molecule has 3 rings (SSSR count). The first-order chi connectivity index (χ1) is 12.1. The number of nitrogens with zero attached hydrogens (tertiary/aromatic N) is 4. The fourth-order valence-corrected chi connectivity index (χ4v) is 3.54. The molecule has 0 bridgehead atoms. The van der Waals surface area contributed by atoms with Gasteiger partial charge in [0, 0.05) is 18.8 Å². The first-order valence-electron chi connectivity index (χ1n) is 8.41. The minimum absolute atomic E-state index is 0.0822. The second-order valence-electron chi connectivity index (χ2n) is 5.63. The number of thioether (sulfide) groups is 1. The first-order valence-corrected chi connectivity index (χ1v) is 9.23. The van der Waals surface area contributed by atoms with E-state index >= 15 is 0 Å². The van der Waals surface area contributed by atoms with Crippen LogP contribution in [0.2, 0.25) is 0 Å². The van der Waals surface area contributed by atoms with Crippen molar-refractivity contribution in [3.8, 4) is 0 Å². The number of carbonyl (C=O) groups is 1. The van der Waals surface area contributed by atoms with Crippen molar-refractivity contribution < 1.29 is 4.79 Å². The molecule has 0 radical (unpaired) electrons. The van der Waals surface area contributed by atoms with E-state index in [-0.39, 0.29) is 17.3 Å². The van der Waals surface area contributed by atoms with E-state index in [9.17, 15) is 4.79 Å². The molecule has 1 amide bonds. The van der Waals surface area contributed by atoms with Crippen LogP contribution >= 0.6 is 11.8 Å². The average Bonchev–Trinajstić information content (AvgIpc) is 3.04. The lowest BCUT2D eigenvalue weighted by Crippen LogP contribution is -2.35. The zero-order valence-corrected chi connectivity index (χ0v) is 15.4. The summed E-state index contributed by atoms with van der Waals surface area (Å²) in [6.45, 7) is 8.13. The van der Waals surface area contributed by atoms with Crippen molar-refractivity contribution in [2.45, 2.75) is 27.2 Å². The number of hydrazone groups is 1. The Balaban J connectivity index is 1.87. The van der Waals surface area contributed by atoms with Gasteiger partial charge in [-0.1, -0.05) is 19.1 Å². The summed E-state index contributed by atoms with van der Waals surface area (Å²) in [5.41, 5.74) is 2.28. The summed E-state index contributed by atoms with van der Waals surface area (Å²) in [5.74, 6) is -0.303. The van der Waals surface area contributed by atoms with Crippen LogP contribution < -0.4 is 4.90 Å². The molecule has 0 atom stereocenters. The van der Waals surface area contributed by atoms with Gasteiger partial charge in [-0.2, -0.15) is 15.1 Å². The Hall–Kier alpha value is -2.41. The summed E-state index contributed by atoms with van der Waals surface area (Å²) in [7, 11) is 0. The number of amides is 1. The zero-order valence-electron chi connectivity index (χ0n) is 14.6. The number of hydrogen-bond acceptors (Lipinski definition) is 5. The molecule has 25 heavy (non-hydrogen) atoms. The van der Waals surface area contributed by atoms with E-state index in [0.717, 1.165) is 35.8 Å². The largest absolute Gasteiger partial charge is 0.372 e. The van der Waals surface area contributed by atoms with E-state index < -0.39 is 0 Å². The molecule has 130 valence electrons. The highest BCUT2D eigenvalue weighted by Gasteiger charge is 2.34. The third kappa shape index (κ3) is 3.37. The van der Waals surface area contributed by atoms with E-state index in [1.165, 1.54) is 16.8 Å². The Morgan fingerprint density at radius 2 is 1.88 bits per heavy atom. The van der Waals surface area contributed by atoms with Crippen molar-refractivity contribution in [2.75, 3.05) is 18.0 Å². The third-order valence-corrected chi connectivity index (χ3v) is 5.18. The van der Waals surface area contributed by atoms with Gasteiger partial charge in [0.05, 0.1) is 5.57 Å². The first kappa shape index (κ1) is 17.4. The molecule has 0 saturated heterocycles. The zero-order chi connectivity index (χ0) is 18.0. The number of rotatable bonds is 5. The van der Waals surface area contributed by atoms with Crippen molar-refractivity contribution >= 4 is 45.5 Å². The molecule has 2 aliphatic heterocycles. The molecule has 0 aliphatic carbocycles. The maximum Gasteiger partial charge on any atom is 0.283 e. The normalized spacial score (nSPS) is 18.4. The second-order valence-corrected chi connectivity index (χ2v) is 6.67. The minimum atomic E-state index is -0.385. The summed E-state index contributed by atoms with van der Waals surface area (Å²) in [5, 5.41) is 15.4. The van der Waals surface area contributed by atoms with Crippen molar-refractivity contribution in [1.82, 2.24) is 5.01 Å². The molecular formula is C18H21N5OS. The van der Waals surface area contributed by atoms with E-state index in [1.807, 2.05) is 31.2 Å². The lowest BCUT2D eigenvalue weighted by molar-refractivity contribution is -0.114. The monoisotopic (exact) mass is 355 g/mol. The van der Waals surface area contributed by atoms with Gasteiger partial charge in [0.25, 0.3) is 5.91 Å². The molecule has 1 aromatic rings. The lowest BCUT2D eigenvalue weighted by atomic mass is 10.1. The summed E-state index contributed by atoms with van der Waals surface area (Å²) >= 11 is 1.35. The Bertz CT molecular complexity index is 790. The van der Waals surface area contributed by atoms with Crippen LogP contribution in [0.25, 0.3) is 6.08 Å². The van der Waals surface area contributed by atoms with Crippen molar-refractivity contribution in [3.05, 3.63) is 35.4 Å². The Labute approximate surface area is 151 Å². The van der Waals surface area contributed by atoms with Crippen molar-refractivity contribution in [2.24, 2.45) is 10.1 Å². The van der Waals surface area contributed by atoms with Gasteiger partial charge in [-0.05, 0) is 55.8 Å². The molecule has 2 heterocycles. The quantitative estimate of drug-likeness (QED) is 0.820. The van der Waals surface area contributed by atoms with E-state index in [2.05, 4.69) is 28.8 Å². The second kappa shape index (κ2) is 7.23. The SMILES string of the molecule is CCC1=NN2C(=N)/C(=C/c3ccc(N(CC)CC)cc3)C(=O)N=C2S1. The molecule has 7 heteroatoms. The predicted molar refractivity (Wildman–Crippen MR) is 105 cm³/mol. The van der Waals surface area contributed by atoms with Crippen LogP contribution in [-0.4, -0.2) is 40.1 Å².